The molecule has 0 aliphatic carbocycles. The van der Waals surface area contributed by atoms with Crippen molar-refractivity contribution in [3.63, 3.8) is 0 Å². The molecule has 2 heterocycles. The fourth-order valence-corrected chi connectivity index (χ4v) is 4.91. The number of hydrogen-bond donors (Lipinski definition) is 1. The number of carbonyl (C=O) groups is 1. The lowest BCUT2D eigenvalue weighted by atomic mass is 9.69. The van der Waals surface area contributed by atoms with Crippen LogP contribution in [0.3, 0.4) is 0 Å². The number of aliphatic carboxylic acids is 1. The van der Waals surface area contributed by atoms with Crippen LogP contribution in [0.15, 0.2) is 24.5 Å². The molecule has 0 saturated carbocycles. The molecule has 0 spiro atoms. The number of nitrogens with zero attached hydrogens (tertiary/aromatic N) is 1. The number of hydrogen-bond acceptors (Lipinski definition) is 5. The van der Waals surface area contributed by atoms with E-state index in [2.05, 4.69) is 18.8 Å². The van der Waals surface area contributed by atoms with Gasteiger partial charge in [-0.05, 0) is 43.0 Å². The quantitative estimate of drug-likeness (QED) is 0.486. The van der Waals surface area contributed by atoms with E-state index >= 15 is 0 Å². The summed E-state index contributed by atoms with van der Waals surface area (Å²) < 4.78 is 18.0. The number of carboxylic acid groups (broad SMARTS) is 1. The minimum Gasteiger partial charge on any atom is -0.481 e. The van der Waals surface area contributed by atoms with E-state index in [0.29, 0.717) is 32.6 Å². The van der Waals surface area contributed by atoms with Crippen molar-refractivity contribution < 1.29 is 23.5 Å². The van der Waals surface area contributed by atoms with E-state index in [0.717, 1.165) is 5.56 Å². The van der Waals surface area contributed by atoms with E-state index in [1.54, 1.807) is 12.4 Å². The second kappa shape index (κ2) is 9.75. The van der Waals surface area contributed by atoms with Gasteiger partial charge in [0.05, 0.1) is 12.7 Å². The highest BCUT2D eigenvalue weighted by Crippen LogP contribution is 2.50. The zero-order valence-electron chi connectivity index (χ0n) is 15.8. The van der Waals surface area contributed by atoms with Gasteiger partial charge in [-0.1, -0.05) is 19.9 Å². The van der Waals surface area contributed by atoms with Gasteiger partial charge in [-0.15, -0.1) is 0 Å². The number of rotatable bonds is 10. The third-order valence-electron chi connectivity index (χ3n) is 5.08. The molecule has 1 aliphatic rings. The lowest BCUT2D eigenvalue weighted by Crippen LogP contribution is -2.44. The highest BCUT2D eigenvalue weighted by molar-refractivity contribution is 6.26. The normalized spacial score (nSPS) is 23.5. The Bertz CT molecular complexity index is 566. The van der Waals surface area contributed by atoms with Gasteiger partial charge < -0.3 is 18.7 Å². The summed E-state index contributed by atoms with van der Waals surface area (Å²) in [6.45, 7) is 8.78. The Morgan fingerprint density at radius 3 is 2.65 bits per heavy atom. The van der Waals surface area contributed by atoms with E-state index < -0.39 is 5.97 Å². The smallest absolute Gasteiger partial charge is 0.303 e. The number of aromatic nitrogens is 1. The van der Waals surface area contributed by atoms with Crippen LogP contribution in [0.2, 0.25) is 13.1 Å². The first kappa shape index (κ1) is 21.2. The number of ether oxygens (including phenoxy) is 1. The molecule has 2 rings (SSSR count). The zero-order valence-corrected chi connectivity index (χ0v) is 17.8. The SMILES string of the molecule is C[Si]OC(O[Si]C)C(C)(C)C1COC(c2cccnc2)C1CCC(=O)O. The maximum Gasteiger partial charge on any atom is 0.303 e. The molecule has 26 heavy (non-hydrogen) atoms. The first-order valence-electron chi connectivity index (χ1n) is 8.79. The van der Waals surface area contributed by atoms with Gasteiger partial charge in [0.1, 0.15) is 6.29 Å². The first-order valence-corrected chi connectivity index (χ1v) is 11.6. The summed E-state index contributed by atoms with van der Waals surface area (Å²) in [5.74, 6) is -0.586. The molecule has 3 atom stereocenters. The monoisotopic (exact) mass is 393 g/mol. The standard InChI is InChI=1S/C18H27NO5Si2/c1-18(2,17(23-25-3)24-26-4)14-11-22-16(12-6-5-9-19-10-12)13(14)7-8-15(20)21/h5-6,9-10,13-14,16-17H,7-8,11H2,1-4H3,(H,20,21). The van der Waals surface area contributed by atoms with Crippen molar-refractivity contribution in [1.82, 2.24) is 4.98 Å². The van der Waals surface area contributed by atoms with Crippen molar-refractivity contribution in [3.8, 4) is 0 Å². The van der Waals surface area contributed by atoms with Gasteiger partial charge in [0.25, 0.3) is 0 Å². The fraction of sp³-hybridized carbons (Fsp3) is 0.667. The van der Waals surface area contributed by atoms with Crippen molar-refractivity contribution >= 4 is 25.5 Å². The van der Waals surface area contributed by atoms with Crippen molar-refractivity contribution in [2.75, 3.05) is 6.61 Å². The summed E-state index contributed by atoms with van der Waals surface area (Å²) >= 11 is 0. The highest BCUT2D eigenvalue weighted by atomic mass is 28.2. The maximum atomic E-state index is 11.2. The van der Waals surface area contributed by atoms with E-state index in [1.807, 2.05) is 25.2 Å². The first-order chi connectivity index (χ1) is 12.4. The molecular weight excluding hydrogens is 366 g/mol. The third kappa shape index (κ3) is 5.01. The maximum absolute atomic E-state index is 11.2. The van der Waals surface area contributed by atoms with Crippen LogP contribution in [0.25, 0.3) is 0 Å². The Morgan fingerprint density at radius 1 is 1.42 bits per heavy atom. The molecule has 1 saturated heterocycles. The molecule has 142 valence electrons. The topological polar surface area (TPSA) is 77.9 Å². The van der Waals surface area contributed by atoms with Crippen LogP contribution in [-0.2, 0) is 18.4 Å². The van der Waals surface area contributed by atoms with Crippen molar-refractivity contribution in [2.45, 2.75) is 52.2 Å². The molecular formula is C18H27NO5Si2. The second-order valence-corrected chi connectivity index (χ2v) is 8.33. The van der Waals surface area contributed by atoms with Crippen LogP contribution in [-0.4, -0.2) is 48.5 Å². The Kier molecular flexibility index (Phi) is 7.96. The van der Waals surface area contributed by atoms with E-state index in [9.17, 15) is 9.90 Å². The largest absolute Gasteiger partial charge is 0.481 e. The van der Waals surface area contributed by atoms with Crippen LogP contribution in [0, 0.1) is 17.3 Å². The van der Waals surface area contributed by atoms with Gasteiger partial charge in [-0.2, -0.15) is 0 Å². The molecule has 1 fully saturated rings. The Balaban J connectivity index is 2.28. The van der Waals surface area contributed by atoms with E-state index in [1.165, 1.54) is 0 Å². The van der Waals surface area contributed by atoms with Gasteiger partial charge >= 0.3 is 5.97 Å². The molecule has 0 bridgehead atoms. The van der Waals surface area contributed by atoms with Crippen LogP contribution in [0.4, 0.5) is 0 Å². The second-order valence-electron chi connectivity index (χ2n) is 7.04. The molecule has 1 aromatic rings. The van der Waals surface area contributed by atoms with Crippen LogP contribution in [0.1, 0.15) is 38.4 Å². The van der Waals surface area contributed by atoms with Gasteiger partial charge in [0, 0.05) is 24.2 Å². The Morgan fingerprint density at radius 2 is 2.12 bits per heavy atom. The highest BCUT2D eigenvalue weighted by Gasteiger charge is 2.49. The van der Waals surface area contributed by atoms with Crippen LogP contribution in [0.5, 0.6) is 0 Å². The Hall–Kier alpha value is -1.07. The van der Waals surface area contributed by atoms with Crippen molar-refractivity contribution in [1.29, 1.82) is 0 Å². The molecule has 1 aliphatic heterocycles. The number of carboxylic acids is 1. The Labute approximate surface area is 160 Å². The van der Waals surface area contributed by atoms with Crippen LogP contribution >= 0.6 is 0 Å². The molecule has 3 unspecified atom stereocenters. The average Bonchev–Trinajstić information content (AvgIpc) is 3.05. The minimum atomic E-state index is -0.785. The molecule has 1 N–H and O–H groups in total. The van der Waals surface area contributed by atoms with Gasteiger partial charge in [0.2, 0.25) is 19.5 Å². The summed E-state index contributed by atoms with van der Waals surface area (Å²) in [5.41, 5.74) is 0.695. The molecule has 0 amide bonds. The molecule has 0 aromatic carbocycles. The van der Waals surface area contributed by atoms with E-state index in [-0.39, 0.29) is 36.1 Å². The van der Waals surface area contributed by atoms with Gasteiger partial charge in [-0.3, -0.25) is 9.78 Å². The fourth-order valence-electron chi connectivity index (χ4n) is 3.68. The van der Waals surface area contributed by atoms with Gasteiger partial charge in [0.15, 0.2) is 0 Å². The lowest BCUT2D eigenvalue weighted by molar-refractivity contribution is -0.138. The molecule has 8 heteroatoms. The van der Waals surface area contributed by atoms with Crippen LogP contribution < -0.4 is 0 Å². The summed E-state index contributed by atoms with van der Waals surface area (Å²) in [5, 5.41) is 9.20. The average molecular weight is 394 g/mol. The summed E-state index contributed by atoms with van der Waals surface area (Å²) in [4.78, 5) is 15.4. The zero-order chi connectivity index (χ0) is 19.2. The van der Waals surface area contributed by atoms with E-state index in [4.69, 9.17) is 13.6 Å². The minimum absolute atomic E-state index is 0.0698. The molecule has 1 aromatic heterocycles. The van der Waals surface area contributed by atoms with Gasteiger partial charge in [-0.25, -0.2) is 0 Å². The summed E-state index contributed by atoms with van der Waals surface area (Å²) in [6, 6.07) is 3.88. The summed E-state index contributed by atoms with van der Waals surface area (Å²) in [6.07, 6.45) is 3.73. The molecule has 6 nitrogen and oxygen atoms in total. The predicted molar refractivity (Wildman–Crippen MR) is 99.8 cm³/mol. The lowest BCUT2D eigenvalue weighted by Gasteiger charge is -2.41. The summed E-state index contributed by atoms with van der Waals surface area (Å²) in [7, 11) is 0.655. The van der Waals surface area contributed by atoms with Crippen molar-refractivity contribution in [3.05, 3.63) is 30.1 Å². The van der Waals surface area contributed by atoms with Crippen molar-refractivity contribution in [2.24, 2.45) is 17.3 Å². The predicted octanol–water partition coefficient (Wildman–Crippen LogP) is 2.97. The number of pyridine rings is 1. The molecule has 4 radical (unpaired) electrons. The third-order valence-corrected chi connectivity index (χ3v) is 5.98.